The summed E-state index contributed by atoms with van der Waals surface area (Å²) in [5.41, 5.74) is 3.97. The molecule has 0 aliphatic heterocycles. The average Bonchev–Trinajstić information content (AvgIpc) is 3.05. The van der Waals surface area contributed by atoms with Crippen LogP contribution in [0.4, 0.5) is 0 Å². The van der Waals surface area contributed by atoms with Crippen molar-refractivity contribution in [3.8, 4) is 5.69 Å². The zero-order chi connectivity index (χ0) is 18.1. The second-order valence-electron chi connectivity index (χ2n) is 6.33. The Morgan fingerprint density at radius 2 is 1.62 bits per heavy atom. The fourth-order valence-electron chi connectivity index (χ4n) is 3.01. The molecule has 0 radical (unpaired) electrons. The van der Waals surface area contributed by atoms with Gasteiger partial charge in [-0.1, -0.05) is 30.3 Å². The first kappa shape index (κ1) is 16.5. The van der Waals surface area contributed by atoms with Gasteiger partial charge < -0.3 is 4.57 Å². The number of nitrogens with zero attached hydrogens (tertiary/aromatic N) is 2. The molecule has 0 unspecified atom stereocenters. The fraction of sp³-hybridized carbons (Fsp3) is 0.0952. The Kier molecular flexibility index (Phi) is 4.09. The van der Waals surface area contributed by atoms with Gasteiger partial charge in [0.2, 0.25) is 0 Å². The highest BCUT2D eigenvalue weighted by Crippen LogP contribution is 2.21. The van der Waals surface area contributed by atoms with Gasteiger partial charge in [-0.05, 0) is 48.0 Å². The lowest BCUT2D eigenvalue weighted by atomic mass is 10.1. The summed E-state index contributed by atoms with van der Waals surface area (Å²) in [6.45, 7) is 0. The minimum absolute atomic E-state index is 0.315. The number of rotatable bonds is 4. The molecule has 2 aromatic carbocycles. The van der Waals surface area contributed by atoms with E-state index in [1.54, 1.807) is 24.3 Å². The van der Waals surface area contributed by atoms with Crippen LogP contribution in [0.3, 0.4) is 0 Å². The monoisotopic (exact) mass is 362 g/mol. The summed E-state index contributed by atoms with van der Waals surface area (Å²) in [7, 11) is -3.20. The summed E-state index contributed by atoms with van der Waals surface area (Å²) < 4.78 is 25.3. The predicted molar refractivity (Wildman–Crippen MR) is 103 cm³/mol. The number of hydrogen-bond acceptors (Lipinski definition) is 3. The van der Waals surface area contributed by atoms with Crippen molar-refractivity contribution in [2.75, 3.05) is 6.26 Å². The van der Waals surface area contributed by atoms with Gasteiger partial charge in [0.05, 0.1) is 4.90 Å². The van der Waals surface area contributed by atoms with Gasteiger partial charge in [-0.2, -0.15) is 0 Å². The van der Waals surface area contributed by atoms with Crippen molar-refractivity contribution >= 4 is 20.9 Å². The van der Waals surface area contributed by atoms with E-state index in [0.717, 1.165) is 28.8 Å². The molecule has 0 N–H and O–H groups in total. The van der Waals surface area contributed by atoms with Crippen molar-refractivity contribution in [2.24, 2.45) is 0 Å². The minimum Gasteiger partial charge on any atom is -0.301 e. The highest BCUT2D eigenvalue weighted by Gasteiger charge is 2.09. The molecule has 0 aliphatic rings. The van der Waals surface area contributed by atoms with Crippen LogP contribution in [-0.2, 0) is 16.3 Å². The molecule has 2 aromatic heterocycles. The van der Waals surface area contributed by atoms with Gasteiger partial charge in [0.15, 0.2) is 9.84 Å². The summed E-state index contributed by atoms with van der Waals surface area (Å²) in [4.78, 5) is 5.14. The molecule has 130 valence electrons. The molecule has 4 nitrogen and oxygen atoms in total. The van der Waals surface area contributed by atoms with Crippen molar-refractivity contribution in [2.45, 2.75) is 11.3 Å². The van der Waals surface area contributed by atoms with E-state index in [2.05, 4.69) is 18.2 Å². The summed E-state index contributed by atoms with van der Waals surface area (Å²) >= 11 is 0. The lowest BCUT2D eigenvalue weighted by Crippen LogP contribution is -2.00. The molecule has 4 rings (SSSR count). The molecule has 0 bridgehead atoms. The molecule has 0 amide bonds. The summed E-state index contributed by atoms with van der Waals surface area (Å²) in [5, 5.41) is 1.05. The maximum absolute atomic E-state index is 11.6. The van der Waals surface area contributed by atoms with Gasteiger partial charge in [0.1, 0.15) is 5.65 Å². The fourth-order valence-corrected chi connectivity index (χ4v) is 3.64. The van der Waals surface area contributed by atoms with Gasteiger partial charge in [-0.15, -0.1) is 0 Å². The van der Waals surface area contributed by atoms with E-state index in [4.69, 9.17) is 4.98 Å². The number of benzene rings is 2. The first-order chi connectivity index (χ1) is 12.5. The van der Waals surface area contributed by atoms with Crippen LogP contribution in [0.15, 0.2) is 83.9 Å². The summed E-state index contributed by atoms with van der Waals surface area (Å²) in [5.74, 6) is 0. The van der Waals surface area contributed by atoms with Gasteiger partial charge in [0.25, 0.3) is 0 Å². The van der Waals surface area contributed by atoms with Crippen LogP contribution in [0.1, 0.15) is 11.3 Å². The molecule has 0 spiro atoms. The Bertz CT molecular complexity index is 1160. The first-order valence-corrected chi connectivity index (χ1v) is 10.2. The van der Waals surface area contributed by atoms with Crippen LogP contribution in [0.5, 0.6) is 0 Å². The Morgan fingerprint density at radius 3 is 2.31 bits per heavy atom. The van der Waals surface area contributed by atoms with Gasteiger partial charge in [0, 0.05) is 35.6 Å². The topological polar surface area (TPSA) is 52.0 Å². The Hall–Kier alpha value is -2.92. The number of sulfone groups is 1. The number of aromatic nitrogens is 2. The molecule has 0 saturated heterocycles. The molecule has 5 heteroatoms. The molecule has 0 atom stereocenters. The lowest BCUT2D eigenvalue weighted by Gasteiger charge is -2.07. The van der Waals surface area contributed by atoms with Crippen molar-refractivity contribution < 1.29 is 8.42 Å². The minimum atomic E-state index is -3.20. The normalized spacial score (nSPS) is 11.7. The third kappa shape index (κ3) is 3.26. The molecule has 2 heterocycles. The number of hydrogen-bond donors (Lipinski definition) is 0. The summed E-state index contributed by atoms with van der Waals surface area (Å²) in [6.07, 6.45) is 3.94. The van der Waals surface area contributed by atoms with E-state index in [9.17, 15) is 8.42 Å². The van der Waals surface area contributed by atoms with Crippen LogP contribution >= 0.6 is 0 Å². The highest BCUT2D eigenvalue weighted by molar-refractivity contribution is 7.90. The zero-order valence-electron chi connectivity index (χ0n) is 14.3. The van der Waals surface area contributed by atoms with Gasteiger partial charge >= 0.3 is 0 Å². The molecule has 0 aliphatic carbocycles. The van der Waals surface area contributed by atoms with Crippen LogP contribution < -0.4 is 0 Å². The maximum Gasteiger partial charge on any atom is 0.175 e. The van der Waals surface area contributed by atoms with E-state index in [1.807, 2.05) is 41.1 Å². The SMILES string of the molecule is CS(=O)(=O)c1ccc(-n2ccc3ccc(Cc4ccccc4)nc32)cc1. The van der Waals surface area contributed by atoms with Crippen LogP contribution in [0, 0.1) is 0 Å². The third-order valence-corrected chi connectivity index (χ3v) is 5.49. The maximum atomic E-state index is 11.6. The number of fused-ring (bicyclic) bond motifs is 1. The zero-order valence-corrected chi connectivity index (χ0v) is 15.1. The second kappa shape index (κ2) is 6.42. The molecule has 4 aromatic rings. The van der Waals surface area contributed by atoms with Crippen molar-refractivity contribution in [3.05, 3.63) is 90.3 Å². The summed E-state index contributed by atoms with van der Waals surface area (Å²) in [6, 6.07) is 23.2. The standard InChI is InChI=1S/C21H18N2O2S/c1-26(24,25)20-11-9-19(10-12-20)23-14-13-17-7-8-18(22-21(17)23)15-16-5-3-2-4-6-16/h2-14H,15H2,1H3. The average molecular weight is 362 g/mol. The number of pyridine rings is 1. The molecular formula is C21H18N2O2S. The Balaban J connectivity index is 1.73. The van der Waals surface area contributed by atoms with Gasteiger partial charge in [-0.3, -0.25) is 0 Å². The van der Waals surface area contributed by atoms with E-state index in [-0.39, 0.29) is 0 Å². The third-order valence-electron chi connectivity index (χ3n) is 4.37. The Labute approximate surface area is 152 Å². The lowest BCUT2D eigenvalue weighted by molar-refractivity contribution is 0.602. The second-order valence-corrected chi connectivity index (χ2v) is 8.35. The van der Waals surface area contributed by atoms with Crippen molar-refractivity contribution in [1.29, 1.82) is 0 Å². The predicted octanol–water partition coefficient (Wildman–Crippen LogP) is 4.02. The van der Waals surface area contributed by atoms with E-state index >= 15 is 0 Å². The van der Waals surface area contributed by atoms with Gasteiger partial charge in [-0.25, -0.2) is 13.4 Å². The highest BCUT2D eigenvalue weighted by atomic mass is 32.2. The molecule has 0 fully saturated rings. The van der Waals surface area contributed by atoms with Crippen LogP contribution in [0.2, 0.25) is 0 Å². The molecule has 26 heavy (non-hydrogen) atoms. The largest absolute Gasteiger partial charge is 0.301 e. The van der Waals surface area contributed by atoms with E-state index in [1.165, 1.54) is 11.8 Å². The van der Waals surface area contributed by atoms with Crippen LogP contribution in [-0.4, -0.2) is 24.2 Å². The molecular weight excluding hydrogens is 344 g/mol. The van der Waals surface area contributed by atoms with Crippen molar-refractivity contribution in [1.82, 2.24) is 9.55 Å². The first-order valence-electron chi connectivity index (χ1n) is 8.32. The van der Waals surface area contributed by atoms with E-state index in [0.29, 0.717) is 4.90 Å². The van der Waals surface area contributed by atoms with Crippen LogP contribution in [0.25, 0.3) is 16.7 Å². The van der Waals surface area contributed by atoms with Crippen molar-refractivity contribution in [3.63, 3.8) is 0 Å². The quantitative estimate of drug-likeness (QED) is 0.551. The molecule has 0 saturated carbocycles. The Morgan fingerprint density at radius 1 is 0.885 bits per heavy atom. The smallest absolute Gasteiger partial charge is 0.175 e. The van der Waals surface area contributed by atoms with E-state index < -0.39 is 9.84 Å².